The lowest BCUT2D eigenvalue weighted by atomic mass is 10.2. The zero-order valence-electron chi connectivity index (χ0n) is 12.6. The minimum atomic E-state index is -0.576. The number of amides is 1. The van der Waals surface area contributed by atoms with Crippen molar-refractivity contribution in [3.8, 4) is 11.5 Å². The van der Waals surface area contributed by atoms with Crippen LogP contribution in [0.15, 0.2) is 24.3 Å². The molecule has 0 aromatic heterocycles. The highest BCUT2D eigenvalue weighted by molar-refractivity contribution is 5.90. The molecule has 116 valence electrons. The third-order valence-electron chi connectivity index (χ3n) is 2.81. The first kappa shape index (κ1) is 17.0. The molecule has 1 rings (SSSR count). The summed E-state index contributed by atoms with van der Waals surface area (Å²) in [4.78, 5) is 11.0. The van der Waals surface area contributed by atoms with Gasteiger partial charge in [-0.2, -0.15) is 0 Å². The Kier molecular flexibility index (Phi) is 7.97. The first-order valence-electron chi connectivity index (χ1n) is 7.23. The third-order valence-corrected chi connectivity index (χ3v) is 2.81. The highest BCUT2D eigenvalue weighted by Gasteiger charge is 2.05. The average Bonchev–Trinajstić information content (AvgIpc) is 2.51. The van der Waals surface area contributed by atoms with Gasteiger partial charge in [0.25, 0.3) is 5.91 Å². The molecule has 21 heavy (non-hydrogen) atoms. The summed E-state index contributed by atoms with van der Waals surface area (Å²) < 4.78 is 11.3. The Balaban J connectivity index is 2.75. The molecule has 0 aliphatic carbocycles. The fraction of sp³-hybridized carbons (Fsp3) is 0.438. The molecule has 0 saturated heterocycles. The van der Waals surface area contributed by atoms with Crippen molar-refractivity contribution in [1.29, 1.82) is 0 Å². The number of unbranched alkanes of at least 4 members (excludes halogenated alkanes) is 2. The Morgan fingerprint density at radius 3 is 2.71 bits per heavy atom. The second-order valence-electron chi connectivity index (χ2n) is 4.50. The first-order valence-corrected chi connectivity index (χ1v) is 7.23. The van der Waals surface area contributed by atoms with Gasteiger partial charge in [-0.25, -0.2) is 5.48 Å². The summed E-state index contributed by atoms with van der Waals surface area (Å²) in [6.07, 6.45) is 6.14. The van der Waals surface area contributed by atoms with E-state index in [0.29, 0.717) is 24.7 Å². The van der Waals surface area contributed by atoms with Gasteiger partial charge in [0.2, 0.25) is 0 Å². The summed E-state index contributed by atoms with van der Waals surface area (Å²) in [6, 6.07) is 5.46. The molecule has 0 fully saturated rings. The molecular formula is C16H23NO4. The third kappa shape index (κ3) is 6.31. The molecule has 1 aromatic rings. The van der Waals surface area contributed by atoms with E-state index in [1.807, 2.05) is 19.1 Å². The maximum absolute atomic E-state index is 11.0. The monoisotopic (exact) mass is 293 g/mol. The van der Waals surface area contributed by atoms with Crippen molar-refractivity contribution in [2.75, 3.05) is 13.2 Å². The first-order chi connectivity index (χ1) is 10.2. The predicted octanol–water partition coefficient (Wildman–Crippen LogP) is 3.17. The number of carbonyl (C=O) groups excluding carboxylic acids is 1. The predicted molar refractivity (Wildman–Crippen MR) is 81.6 cm³/mol. The van der Waals surface area contributed by atoms with Gasteiger partial charge < -0.3 is 9.47 Å². The van der Waals surface area contributed by atoms with Crippen molar-refractivity contribution < 1.29 is 19.5 Å². The van der Waals surface area contributed by atoms with Gasteiger partial charge in [-0.05, 0) is 37.1 Å². The number of hydrogen-bond acceptors (Lipinski definition) is 4. The number of benzene rings is 1. The molecular weight excluding hydrogens is 270 g/mol. The zero-order chi connectivity index (χ0) is 15.5. The standard InChI is InChI=1S/C16H23NO4/c1-3-5-6-11-21-14-9-7-13(8-10-16(18)17-19)12-15(14)20-4-2/h7-10,12,19H,3-6,11H2,1-2H3,(H,17,18). The summed E-state index contributed by atoms with van der Waals surface area (Å²) in [5.74, 6) is 0.783. The maximum atomic E-state index is 11.0. The van der Waals surface area contributed by atoms with Gasteiger partial charge in [-0.15, -0.1) is 0 Å². The molecule has 5 heteroatoms. The van der Waals surface area contributed by atoms with Crippen LogP contribution in [0.25, 0.3) is 6.08 Å². The minimum Gasteiger partial charge on any atom is -0.490 e. The molecule has 0 aliphatic rings. The van der Waals surface area contributed by atoms with E-state index in [1.54, 1.807) is 17.6 Å². The molecule has 0 heterocycles. The second-order valence-corrected chi connectivity index (χ2v) is 4.50. The van der Waals surface area contributed by atoms with Crippen LogP contribution in [0.1, 0.15) is 38.7 Å². The molecule has 1 amide bonds. The van der Waals surface area contributed by atoms with Crippen LogP contribution in [-0.4, -0.2) is 24.3 Å². The van der Waals surface area contributed by atoms with Crippen molar-refractivity contribution in [1.82, 2.24) is 5.48 Å². The number of hydrogen-bond donors (Lipinski definition) is 2. The molecule has 0 unspecified atom stereocenters. The van der Waals surface area contributed by atoms with Gasteiger partial charge in [0.15, 0.2) is 11.5 Å². The molecule has 2 N–H and O–H groups in total. The van der Waals surface area contributed by atoms with Gasteiger partial charge in [-0.1, -0.05) is 25.8 Å². The van der Waals surface area contributed by atoms with Crippen LogP contribution >= 0.6 is 0 Å². The smallest absolute Gasteiger partial charge is 0.267 e. The van der Waals surface area contributed by atoms with Gasteiger partial charge in [0.05, 0.1) is 13.2 Å². The fourth-order valence-corrected chi connectivity index (χ4v) is 1.76. The van der Waals surface area contributed by atoms with E-state index in [-0.39, 0.29) is 0 Å². The molecule has 0 aliphatic heterocycles. The van der Waals surface area contributed by atoms with Gasteiger partial charge in [0.1, 0.15) is 0 Å². The van der Waals surface area contributed by atoms with Crippen LogP contribution in [-0.2, 0) is 4.79 Å². The molecule has 1 aromatic carbocycles. The van der Waals surface area contributed by atoms with E-state index in [1.165, 1.54) is 6.08 Å². The topological polar surface area (TPSA) is 67.8 Å². The van der Waals surface area contributed by atoms with E-state index < -0.39 is 5.91 Å². The molecule has 5 nitrogen and oxygen atoms in total. The Morgan fingerprint density at radius 1 is 1.24 bits per heavy atom. The van der Waals surface area contributed by atoms with Crippen molar-refractivity contribution in [2.45, 2.75) is 33.1 Å². The lowest BCUT2D eigenvalue weighted by molar-refractivity contribution is -0.124. The summed E-state index contributed by atoms with van der Waals surface area (Å²) >= 11 is 0. The zero-order valence-corrected chi connectivity index (χ0v) is 12.6. The Labute approximate surface area is 125 Å². The van der Waals surface area contributed by atoms with Crippen molar-refractivity contribution in [3.63, 3.8) is 0 Å². The van der Waals surface area contributed by atoms with Crippen LogP contribution in [0.3, 0.4) is 0 Å². The molecule has 0 saturated carbocycles. The SMILES string of the molecule is CCCCCOc1ccc(C=CC(=O)NO)cc1OCC. The fourth-order valence-electron chi connectivity index (χ4n) is 1.76. The summed E-state index contributed by atoms with van der Waals surface area (Å²) in [5, 5.41) is 8.44. The van der Waals surface area contributed by atoms with Crippen LogP contribution in [0.4, 0.5) is 0 Å². The van der Waals surface area contributed by atoms with Gasteiger partial charge >= 0.3 is 0 Å². The molecule has 0 spiro atoms. The van der Waals surface area contributed by atoms with E-state index in [0.717, 1.165) is 24.8 Å². The Morgan fingerprint density at radius 2 is 2.05 bits per heavy atom. The van der Waals surface area contributed by atoms with Gasteiger partial charge in [-0.3, -0.25) is 10.0 Å². The number of ether oxygens (including phenoxy) is 2. The Bertz CT molecular complexity index is 471. The molecule has 0 bridgehead atoms. The van der Waals surface area contributed by atoms with Crippen molar-refractivity contribution >= 4 is 12.0 Å². The van der Waals surface area contributed by atoms with Crippen molar-refractivity contribution in [3.05, 3.63) is 29.8 Å². The van der Waals surface area contributed by atoms with E-state index in [4.69, 9.17) is 14.7 Å². The van der Waals surface area contributed by atoms with Crippen LogP contribution < -0.4 is 15.0 Å². The quantitative estimate of drug-likeness (QED) is 0.317. The lowest BCUT2D eigenvalue weighted by Crippen LogP contribution is -2.14. The normalized spacial score (nSPS) is 10.6. The van der Waals surface area contributed by atoms with E-state index in [2.05, 4.69) is 6.92 Å². The highest BCUT2D eigenvalue weighted by atomic mass is 16.5. The maximum Gasteiger partial charge on any atom is 0.267 e. The van der Waals surface area contributed by atoms with E-state index in [9.17, 15) is 4.79 Å². The number of rotatable bonds is 9. The van der Waals surface area contributed by atoms with Crippen LogP contribution in [0.5, 0.6) is 11.5 Å². The minimum absolute atomic E-state index is 0.537. The largest absolute Gasteiger partial charge is 0.490 e. The lowest BCUT2D eigenvalue weighted by Gasteiger charge is -2.12. The van der Waals surface area contributed by atoms with Crippen LogP contribution in [0, 0.1) is 0 Å². The second kappa shape index (κ2) is 9.83. The summed E-state index contributed by atoms with van der Waals surface area (Å²) in [6.45, 7) is 5.25. The number of carbonyl (C=O) groups is 1. The van der Waals surface area contributed by atoms with Crippen molar-refractivity contribution in [2.24, 2.45) is 0 Å². The summed E-state index contributed by atoms with van der Waals surface area (Å²) in [7, 11) is 0. The summed E-state index contributed by atoms with van der Waals surface area (Å²) in [5.41, 5.74) is 2.34. The molecule has 0 atom stereocenters. The number of hydroxylamine groups is 1. The van der Waals surface area contributed by atoms with Gasteiger partial charge in [0, 0.05) is 6.08 Å². The van der Waals surface area contributed by atoms with E-state index >= 15 is 0 Å². The Hall–Kier alpha value is -2.01. The highest BCUT2D eigenvalue weighted by Crippen LogP contribution is 2.29. The molecule has 0 radical (unpaired) electrons. The number of nitrogens with one attached hydrogen (secondary N) is 1. The average molecular weight is 293 g/mol. The van der Waals surface area contributed by atoms with Crippen LogP contribution in [0.2, 0.25) is 0 Å².